The third-order valence-electron chi connectivity index (χ3n) is 5.12. The predicted molar refractivity (Wildman–Crippen MR) is 85.9 cm³/mol. The first kappa shape index (κ1) is 13.0. The van der Waals surface area contributed by atoms with Crippen molar-refractivity contribution in [2.45, 2.75) is 32.2 Å². The molecule has 0 amide bonds. The van der Waals surface area contributed by atoms with Gasteiger partial charge in [0.15, 0.2) is 0 Å². The molecule has 0 aliphatic carbocycles. The summed E-state index contributed by atoms with van der Waals surface area (Å²) in [7, 11) is 1.74. The maximum Gasteiger partial charge on any atom is 0.119 e. The number of hydrogen-bond donors (Lipinski definition) is 1. The highest BCUT2D eigenvalue weighted by Crippen LogP contribution is 2.41. The summed E-state index contributed by atoms with van der Waals surface area (Å²) in [6.45, 7) is 4.47. The van der Waals surface area contributed by atoms with Gasteiger partial charge in [0.1, 0.15) is 5.75 Å². The van der Waals surface area contributed by atoms with E-state index in [2.05, 4.69) is 35.0 Å². The van der Waals surface area contributed by atoms with Gasteiger partial charge in [0, 0.05) is 29.7 Å². The minimum Gasteiger partial charge on any atom is -0.497 e. The van der Waals surface area contributed by atoms with E-state index in [-0.39, 0.29) is 0 Å². The standard InChI is InChI=1S/C18H22N2O/c1-3-12-4-7-17-18-14(8-9-20(17)11-12)15-10-13(21-2)5-6-16(15)19-18/h3,5-6,10,17,19H,4,7-9,11H2,1-2H3. The van der Waals surface area contributed by atoms with Crippen molar-refractivity contribution in [3.05, 3.63) is 41.1 Å². The van der Waals surface area contributed by atoms with Crippen LogP contribution in [0.1, 0.15) is 37.1 Å². The van der Waals surface area contributed by atoms with E-state index in [1.54, 1.807) is 12.7 Å². The number of methoxy groups -OCH3 is 1. The summed E-state index contributed by atoms with van der Waals surface area (Å²) in [5, 5.41) is 1.35. The molecule has 0 radical (unpaired) electrons. The lowest BCUT2D eigenvalue weighted by Gasteiger charge is -2.40. The smallest absolute Gasteiger partial charge is 0.119 e. The second kappa shape index (κ2) is 4.92. The van der Waals surface area contributed by atoms with Gasteiger partial charge in [0.25, 0.3) is 0 Å². The van der Waals surface area contributed by atoms with E-state index < -0.39 is 0 Å². The van der Waals surface area contributed by atoms with Crippen molar-refractivity contribution in [2.24, 2.45) is 0 Å². The second-order valence-corrected chi connectivity index (χ2v) is 6.15. The van der Waals surface area contributed by atoms with Crippen LogP contribution in [0.15, 0.2) is 29.8 Å². The number of nitrogens with one attached hydrogen (secondary N) is 1. The zero-order valence-corrected chi connectivity index (χ0v) is 12.8. The molecule has 1 aromatic heterocycles. The van der Waals surface area contributed by atoms with Crippen molar-refractivity contribution >= 4 is 10.9 Å². The molecule has 2 aliphatic heterocycles. The number of nitrogens with zero attached hydrogens (tertiary/aromatic N) is 1. The molecule has 1 aromatic carbocycles. The molecule has 110 valence electrons. The van der Waals surface area contributed by atoms with Gasteiger partial charge in [-0.2, -0.15) is 0 Å². The van der Waals surface area contributed by atoms with Gasteiger partial charge in [-0.3, -0.25) is 4.90 Å². The topological polar surface area (TPSA) is 28.3 Å². The summed E-state index contributed by atoms with van der Waals surface area (Å²) in [6.07, 6.45) is 5.89. The molecule has 3 heterocycles. The average molecular weight is 282 g/mol. The molecule has 2 aromatic rings. The summed E-state index contributed by atoms with van der Waals surface area (Å²) in [6, 6.07) is 6.94. The second-order valence-electron chi connectivity index (χ2n) is 6.15. The maximum atomic E-state index is 5.39. The van der Waals surface area contributed by atoms with Crippen molar-refractivity contribution in [1.82, 2.24) is 9.88 Å². The minimum atomic E-state index is 0.566. The molecule has 0 spiro atoms. The zero-order valence-electron chi connectivity index (χ0n) is 12.8. The number of piperidine rings is 1. The Morgan fingerprint density at radius 2 is 2.24 bits per heavy atom. The number of H-pyrrole nitrogens is 1. The molecular formula is C18H22N2O. The van der Waals surface area contributed by atoms with Gasteiger partial charge < -0.3 is 9.72 Å². The summed E-state index contributed by atoms with van der Waals surface area (Å²) >= 11 is 0. The molecule has 1 unspecified atom stereocenters. The first-order chi connectivity index (χ1) is 10.3. The lowest BCUT2D eigenvalue weighted by Crippen LogP contribution is -2.39. The highest BCUT2D eigenvalue weighted by Gasteiger charge is 2.33. The zero-order chi connectivity index (χ0) is 14.4. The monoisotopic (exact) mass is 282 g/mol. The van der Waals surface area contributed by atoms with Gasteiger partial charge in [0.05, 0.1) is 13.2 Å². The minimum absolute atomic E-state index is 0.566. The Morgan fingerprint density at radius 3 is 3.05 bits per heavy atom. The molecule has 4 rings (SSSR count). The molecule has 3 nitrogen and oxygen atoms in total. The number of aromatic amines is 1. The Balaban J connectivity index is 1.78. The number of benzene rings is 1. The molecule has 1 saturated heterocycles. The summed E-state index contributed by atoms with van der Waals surface area (Å²) in [4.78, 5) is 6.32. The van der Waals surface area contributed by atoms with Crippen molar-refractivity contribution in [3.63, 3.8) is 0 Å². The van der Waals surface area contributed by atoms with E-state index in [4.69, 9.17) is 4.74 Å². The van der Waals surface area contributed by atoms with Gasteiger partial charge in [-0.25, -0.2) is 0 Å². The van der Waals surface area contributed by atoms with E-state index in [0.29, 0.717) is 6.04 Å². The van der Waals surface area contributed by atoms with Crippen LogP contribution in [-0.2, 0) is 6.42 Å². The van der Waals surface area contributed by atoms with E-state index >= 15 is 0 Å². The van der Waals surface area contributed by atoms with Crippen LogP contribution in [0.3, 0.4) is 0 Å². The van der Waals surface area contributed by atoms with Crippen molar-refractivity contribution in [1.29, 1.82) is 0 Å². The van der Waals surface area contributed by atoms with E-state index in [1.165, 1.54) is 41.5 Å². The lowest BCUT2D eigenvalue weighted by molar-refractivity contribution is 0.165. The van der Waals surface area contributed by atoms with E-state index in [0.717, 1.165) is 18.7 Å². The largest absolute Gasteiger partial charge is 0.497 e. The number of fused-ring (bicyclic) bond motifs is 5. The molecule has 1 fully saturated rings. The SMILES string of the molecule is CC=C1CCC2c3[nH]c4ccc(OC)cc4c3CCN2C1. The molecule has 2 aliphatic rings. The van der Waals surface area contributed by atoms with Crippen LogP contribution in [0.2, 0.25) is 0 Å². The Hall–Kier alpha value is -1.74. The van der Waals surface area contributed by atoms with Gasteiger partial charge in [0.2, 0.25) is 0 Å². The van der Waals surface area contributed by atoms with Gasteiger partial charge in [-0.1, -0.05) is 11.6 Å². The Kier molecular flexibility index (Phi) is 3.03. The quantitative estimate of drug-likeness (QED) is 0.805. The summed E-state index contributed by atoms with van der Waals surface area (Å²) in [5.41, 5.74) is 5.79. The molecule has 0 bridgehead atoms. The number of aromatic nitrogens is 1. The van der Waals surface area contributed by atoms with Crippen molar-refractivity contribution in [3.8, 4) is 5.75 Å². The number of allylic oxidation sites excluding steroid dienone is 1. The molecule has 3 heteroatoms. The van der Waals surface area contributed by atoms with Crippen LogP contribution in [-0.4, -0.2) is 30.1 Å². The predicted octanol–water partition coefficient (Wildman–Crippen LogP) is 3.82. The number of rotatable bonds is 1. The lowest BCUT2D eigenvalue weighted by atomic mass is 9.89. The average Bonchev–Trinajstić information content (AvgIpc) is 2.92. The molecular weight excluding hydrogens is 260 g/mol. The molecule has 1 atom stereocenters. The van der Waals surface area contributed by atoms with E-state index in [1.807, 2.05) is 6.07 Å². The summed E-state index contributed by atoms with van der Waals surface area (Å²) < 4.78 is 5.39. The maximum absolute atomic E-state index is 5.39. The number of ether oxygens (including phenoxy) is 1. The first-order valence-electron chi connectivity index (χ1n) is 7.86. The highest BCUT2D eigenvalue weighted by molar-refractivity contribution is 5.86. The van der Waals surface area contributed by atoms with Gasteiger partial charge in [-0.15, -0.1) is 0 Å². The van der Waals surface area contributed by atoms with E-state index in [9.17, 15) is 0 Å². The van der Waals surface area contributed by atoms with Crippen LogP contribution >= 0.6 is 0 Å². The molecule has 21 heavy (non-hydrogen) atoms. The highest BCUT2D eigenvalue weighted by atomic mass is 16.5. The van der Waals surface area contributed by atoms with Gasteiger partial charge in [-0.05, 0) is 49.9 Å². The normalized spacial score (nSPS) is 24.1. The third kappa shape index (κ3) is 1.99. The van der Waals surface area contributed by atoms with Crippen molar-refractivity contribution in [2.75, 3.05) is 20.2 Å². The Labute approximate surface area is 125 Å². The fraction of sp³-hybridized carbons (Fsp3) is 0.444. The fourth-order valence-electron chi connectivity index (χ4n) is 3.94. The molecule has 1 N–H and O–H groups in total. The van der Waals surface area contributed by atoms with Crippen LogP contribution in [0.4, 0.5) is 0 Å². The van der Waals surface area contributed by atoms with Crippen LogP contribution in [0.25, 0.3) is 10.9 Å². The summed E-state index contributed by atoms with van der Waals surface area (Å²) in [5.74, 6) is 0.951. The Bertz CT molecular complexity index is 713. The van der Waals surface area contributed by atoms with Crippen LogP contribution < -0.4 is 4.74 Å². The van der Waals surface area contributed by atoms with Crippen molar-refractivity contribution < 1.29 is 4.74 Å². The Morgan fingerprint density at radius 1 is 1.33 bits per heavy atom. The van der Waals surface area contributed by atoms with Crippen LogP contribution in [0, 0.1) is 0 Å². The number of hydrogen-bond acceptors (Lipinski definition) is 2. The first-order valence-corrected chi connectivity index (χ1v) is 7.86. The fourth-order valence-corrected chi connectivity index (χ4v) is 3.94. The van der Waals surface area contributed by atoms with Gasteiger partial charge >= 0.3 is 0 Å². The van der Waals surface area contributed by atoms with Crippen LogP contribution in [0.5, 0.6) is 5.75 Å². The molecule has 0 saturated carbocycles. The third-order valence-corrected chi connectivity index (χ3v) is 5.12.